The average molecular weight is 365 g/mol. The maximum absolute atomic E-state index is 6.05. The van der Waals surface area contributed by atoms with Crippen LogP contribution in [0.5, 0.6) is 17.5 Å². The van der Waals surface area contributed by atoms with Gasteiger partial charge in [-0.2, -0.15) is 9.97 Å². The summed E-state index contributed by atoms with van der Waals surface area (Å²) in [5, 5.41) is 0.826. The average Bonchev–Trinajstić information content (AvgIpc) is 2.38. The Balaban J connectivity index is 2.39. The molecule has 0 amide bonds. The molecular weight excluding hydrogens is 357 g/mol. The van der Waals surface area contributed by atoms with Crippen molar-refractivity contribution < 1.29 is 9.47 Å². The Labute approximate surface area is 127 Å². The van der Waals surface area contributed by atoms with Crippen molar-refractivity contribution >= 4 is 44.8 Å². The molecule has 0 saturated heterocycles. The van der Waals surface area contributed by atoms with E-state index in [9.17, 15) is 0 Å². The summed E-state index contributed by atoms with van der Waals surface area (Å²) >= 11 is 15.3. The van der Waals surface area contributed by atoms with Crippen molar-refractivity contribution in [3.05, 3.63) is 33.0 Å². The van der Waals surface area contributed by atoms with E-state index in [0.29, 0.717) is 20.3 Å². The number of nitrogens with zero attached hydrogens (tertiary/aromatic N) is 2. The number of nitrogens with two attached hydrogens (primary N) is 1. The Hall–Kier alpha value is -1.24. The minimum absolute atomic E-state index is 0.145. The maximum Gasteiger partial charge on any atom is 0.249 e. The zero-order valence-electron chi connectivity index (χ0n) is 9.65. The molecule has 0 aliphatic heterocycles. The first kappa shape index (κ1) is 14.2. The van der Waals surface area contributed by atoms with Crippen molar-refractivity contribution in [2.45, 2.75) is 0 Å². The van der Waals surface area contributed by atoms with Crippen molar-refractivity contribution in [3.8, 4) is 17.5 Å². The van der Waals surface area contributed by atoms with E-state index in [-0.39, 0.29) is 17.4 Å². The summed E-state index contributed by atoms with van der Waals surface area (Å²) < 4.78 is 11.2. The summed E-state index contributed by atoms with van der Waals surface area (Å²) in [6, 6.07) is 3.18. The Kier molecular flexibility index (Phi) is 4.34. The lowest BCUT2D eigenvalue weighted by atomic mass is 10.3. The first-order valence-corrected chi connectivity index (χ1v) is 6.54. The van der Waals surface area contributed by atoms with Crippen molar-refractivity contribution in [2.75, 3.05) is 12.8 Å². The molecule has 0 unspecified atom stereocenters. The number of ether oxygens (including phenoxy) is 2. The molecule has 0 bridgehead atoms. The van der Waals surface area contributed by atoms with E-state index >= 15 is 0 Å². The van der Waals surface area contributed by atoms with Crippen LogP contribution in [0.4, 0.5) is 5.69 Å². The van der Waals surface area contributed by atoms with E-state index in [1.54, 1.807) is 12.1 Å². The fraction of sp³-hybridized carbons (Fsp3) is 0.0909. The van der Waals surface area contributed by atoms with Crippen LogP contribution < -0.4 is 15.2 Å². The first-order valence-electron chi connectivity index (χ1n) is 4.99. The molecule has 1 heterocycles. The highest BCUT2D eigenvalue weighted by molar-refractivity contribution is 9.10. The Morgan fingerprint density at radius 1 is 1.16 bits per heavy atom. The second-order valence-electron chi connectivity index (χ2n) is 3.40. The predicted molar refractivity (Wildman–Crippen MR) is 77.2 cm³/mol. The standard InChI is InChI=1S/C11H8BrCl2N3O2/c1-18-10-9(15)11(17-4-16-10)19-8-3-6(13)5(12)2-7(8)14/h2-4H,15H2,1H3. The molecule has 0 aliphatic rings. The van der Waals surface area contributed by atoms with E-state index in [2.05, 4.69) is 25.9 Å². The van der Waals surface area contributed by atoms with Gasteiger partial charge >= 0.3 is 0 Å². The highest BCUT2D eigenvalue weighted by atomic mass is 79.9. The minimum Gasteiger partial charge on any atom is -0.479 e. The van der Waals surface area contributed by atoms with Crippen molar-refractivity contribution in [3.63, 3.8) is 0 Å². The van der Waals surface area contributed by atoms with Crippen LogP contribution in [-0.2, 0) is 0 Å². The molecular formula is C11H8BrCl2N3O2. The largest absolute Gasteiger partial charge is 0.479 e. The van der Waals surface area contributed by atoms with Gasteiger partial charge in [0.2, 0.25) is 11.8 Å². The molecule has 1 aromatic carbocycles. The van der Waals surface area contributed by atoms with Crippen LogP contribution in [0.2, 0.25) is 10.0 Å². The molecule has 0 aliphatic carbocycles. The Morgan fingerprint density at radius 2 is 1.84 bits per heavy atom. The molecule has 0 fully saturated rings. The number of benzene rings is 1. The molecule has 8 heteroatoms. The van der Waals surface area contributed by atoms with Gasteiger partial charge in [-0.15, -0.1) is 0 Å². The maximum atomic E-state index is 6.05. The molecule has 19 heavy (non-hydrogen) atoms. The predicted octanol–water partition coefficient (Wildman–Crippen LogP) is 3.93. The number of hydrogen-bond donors (Lipinski definition) is 1. The fourth-order valence-electron chi connectivity index (χ4n) is 1.29. The highest BCUT2D eigenvalue weighted by Gasteiger charge is 2.13. The van der Waals surface area contributed by atoms with Gasteiger partial charge in [0.1, 0.15) is 12.1 Å². The Bertz CT molecular complexity index is 625. The molecule has 0 spiro atoms. The van der Waals surface area contributed by atoms with Crippen LogP contribution in [0.25, 0.3) is 0 Å². The van der Waals surface area contributed by atoms with Gasteiger partial charge in [-0.3, -0.25) is 0 Å². The van der Waals surface area contributed by atoms with Gasteiger partial charge in [0, 0.05) is 10.5 Å². The van der Waals surface area contributed by atoms with Gasteiger partial charge in [-0.1, -0.05) is 23.2 Å². The van der Waals surface area contributed by atoms with Gasteiger partial charge in [-0.05, 0) is 22.0 Å². The summed E-state index contributed by atoms with van der Waals surface area (Å²) in [6.45, 7) is 0. The zero-order chi connectivity index (χ0) is 14.0. The van der Waals surface area contributed by atoms with E-state index in [1.807, 2.05) is 0 Å². The quantitative estimate of drug-likeness (QED) is 0.835. The summed E-state index contributed by atoms with van der Waals surface area (Å²) in [6.07, 6.45) is 1.28. The molecule has 2 aromatic rings. The molecule has 2 N–H and O–H groups in total. The van der Waals surface area contributed by atoms with E-state index in [4.69, 9.17) is 38.4 Å². The van der Waals surface area contributed by atoms with Crippen LogP contribution >= 0.6 is 39.1 Å². The molecule has 5 nitrogen and oxygen atoms in total. The third-order valence-electron chi connectivity index (χ3n) is 2.19. The van der Waals surface area contributed by atoms with E-state index < -0.39 is 0 Å². The molecule has 0 saturated carbocycles. The monoisotopic (exact) mass is 363 g/mol. The van der Waals surface area contributed by atoms with E-state index in [1.165, 1.54) is 13.4 Å². The number of anilines is 1. The minimum atomic E-state index is 0.145. The number of aromatic nitrogens is 2. The first-order chi connectivity index (χ1) is 9.02. The smallest absolute Gasteiger partial charge is 0.249 e. The Morgan fingerprint density at radius 3 is 2.53 bits per heavy atom. The van der Waals surface area contributed by atoms with Crippen LogP contribution in [0, 0.1) is 0 Å². The number of rotatable bonds is 3. The third-order valence-corrected chi connectivity index (χ3v) is 3.68. The summed E-state index contributed by atoms with van der Waals surface area (Å²) in [7, 11) is 1.45. The SMILES string of the molecule is COc1ncnc(Oc2cc(Cl)c(Br)cc2Cl)c1N. The third kappa shape index (κ3) is 3.02. The number of halogens is 3. The lowest BCUT2D eigenvalue weighted by Gasteiger charge is -2.11. The van der Waals surface area contributed by atoms with Crippen molar-refractivity contribution in [1.29, 1.82) is 0 Å². The number of hydrogen-bond acceptors (Lipinski definition) is 5. The molecule has 0 radical (unpaired) electrons. The van der Waals surface area contributed by atoms with Crippen LogP contribution in [0.15, 0.2) is 22.9 Å². The van der Waals surface area contributed by atoms with Crippen molar-refractivity contribution in [1.82, 2.24) is 9.97 Å². The van der Waals surface area contributed by atoms with Gasteiger partial charge in [-0.25, -0.2) is 0 Å². The van der Waals surface area contributed by atoms with E-state index in [0.717, 1.165) is 0 Å². The zero-order valence-corrected chi connectivity index (χ0v) is 12.8. The second-order valence-corrected chi connectivity index (χ2v) is 5.07. The molecule has 1 aromatic heterocycles. The fourth-order valence-corrected chi connectivity index (χ4v) is 2.13. The number of methoxy groups -OCH3 is 1. The topological polar surface area (TPSA) is 70.3 Å². The van der Waals surface area contributed by atoms with Gasteiger partial charge in [0.25, 0.3) is 0 Å². The van der Waals surface area contributed by atoms with Gasteiger partial charge in [0.15, 0.2) is 5.69 Å². The normalized spacial score (nSPS) is 10.3. The second kappa shape index (κ2) is 5.81. The number of nitrogen functional groups attached to an aromatic ring is 1. The summed E-state index contributed by atoms with van der Waals surface area (Å²) in [5.41, 5.74) is 5.98. The van der Waals surface area contributed by atoms with Crippen LogP contribution in [-0.4, -0.2) is 17.1 Å². The lowest BCUT2D eigenvalue weighted by molar-refractivity contribution is 0.391. The van der Waals surface area contributed by atoms with Crippen LogP contribution in [0.3, 0.4) is 0 Å². The highest BCUT2D eigenvalue weighted by Crippen LogP contribution is 2.38. The summed E-state index contributed by atoms with van der Waals surface area (Å²) in [4.78, 5) is 7.77. The van der Waals surface area contributed by atoms with Gasteiger partial charge in [0.05, 0.1) is 17.2 Å². The molecule has 100 valence electrons. The molecule has 0 atom stereocenters. The van der Waals surface area contributed by atoms with Gasteiger partial charge < -0.3 is 15.2 Å². The lowest BCUT2D eigenvalue weighted by Crippen LogP contribution is -2.00. The van der Waals surface area contributed by atoms with Crippen molar-refractivity contribution in [2.24, 2.45) is 0 Å². The van der Waals surface area contributed by atoms with Crippen LogP contribution in [0.1, 0.15) is 0 Å². The summed E-state index contributed by atoms with van der Waals surface area (Å²) in [5.74, 6) is 0.707. The molecule has 2 rings (SSSR count).